The molecule has 2 aromatic heterocycles. The van der Waals surface area contributed by atoms with E-state index < -0.39 is 8.07 Å². The fourth-order valence-electron chi connectivity index (χ4n) is 3.88. The normalized spacial score (nSPS) is 12.0. The van der Waals surface area contributed by atoms with Crippen molar-refractivity contribution in [3.05, 3.63) is 64.8 Å². The summed E-state index contributed by atoms with van der Waals surface area (Å²) in [5, 5.41) is 3.42. The van der Waals surface area contributed by atoms with Crippen molar-refractivity contribution in [1.29, 1.82) is 0 Å². The minimum absolute atomic E-state index is 0.0873. The monoisotopic (exact) mass is 366 g/mol. The van der Waals surface area contributed by atoms with Crippen molar-refractivity contribution in [1.82, 2.24) is 9.35 Å². The van der Waals surface area contributed by atoms with Gasteiger partial charge in [-0.25, -0.2) is 4.68 Å². The number of nitrogens with zero attached hydrogens (tertiary/aromatic N) is 2. The second-order valence-electron chi connectivity index (χ2n) is 8.11. The third kappa shape index (κ3) is 3.56. The fourth-order valence-corrected chi connectivity index (χ4v) is 6.00. The molecule has 3 nitrogen and oxygen atoms in total. The van der Waals surface area contributed by atoms with E-state index in [0.29, 0.717) is 0 Å². The number of hydrogen-bond donors (Lipinski definition) is 0. The number of fused-ring (bicyclic) bond motifs is 1. The Bertz CT molecular complexity index is 933. The summed E-state index contributed by atoms with van der Waals surface area (Å²) in [6.45, 7) is 9.39. The average molecular weight is 367 g/mol. The van der Waals surface area contributed by atoms with Gasteiger partial charge in [0.2, 0.25) is 0 Å². The van der Waals surface area contributed by atoms with E-state index in [1.807, 2.05) is 46.0 Å². The second-order valence-corrected chi connectivity index (χ2v) is 13.1. The Hall–Kier alpha value is -2.07. The van der Waals surface area contributed by atoms with Gasteiger partial charge in [0.15, 0.2) is 0 Å². The van der Waals surface area contributed by atoms with Crippen molar-refractivity contribution in [2.45, 2.75) is 58.7 Å². The number of aromatic nitrogens is 2. The van der Waals surface area contributed by atoms with Crippen LogP contribution >= 0.6 is 0 Å². The lowest BCUT2D eigenvalue weighted by atomic mass is 10.1. The van der Waals surface area contributed by atoms with E-state index in [2.05, 4.69) is 38.7 Å². The topological polar surface area (TPSA) is 26.9 Å². The van der Waals surface area contributed by atoms with Gasteiger partial charge in [0.1, 0.15) is 0 Å². The quantitative estimate of drug-likeness (QED) is 0.436. The van der Waals surface area contributed by atoms with E-state index in [1.165, 1.54) is 30.1 Å². The van der Waals surface area contributed by atoms with Crippen molar-refractivity contribution in [2.75, 3.05) is 0 Å². The molecule has 4 heteroatoms. The molecule has 0 atom stereocenters. The third-order valence-corrected chi connectivity index (χ3v) is 7.06. The first-order valence-electron chi connectivity index (χ1n) is 9.76. The molecule has 0 radical (unpaired) electrons. The molecule has 0 spiro atoms. The van der Waals surface area contributed by atoms with Crippen LogP contribution in [0.25, 0.3) is 10.8 Å². The largest absolute Gasteiger partial charge is 0.277 e. The average Bonchev–Trinajstić information content (AvgIpc) is 3.12. The van der Waals surface area contributed by atoms with Crippen LogP contribution in [0.4, 0.5) is 0 Å². The molecule has 3 rings (SSSR count). The van der Waals surface area contributed by atoms with Gasteiger partial charge in [-0.2, -0.15) is 0 Å². The van der Waals surface area contributed by atoms with Gasteiger partial charge in [-0.05, 0) is 41.6 Å². The van der Waals surface area contributed by atoms with Crippen LogP contribution in [0, 0.1) is 0 Å². The lowest BCUT2D eigenvalue weighted by molar-refractivity contribution is 0.579. The van der Waals surface area contributed by atoms with Gasteiger partial charge in [0.25, 0.3) is 5.56 Å². The van der Waals surface area contributed by atoms with Crippen LogP contribution in [0.5, 0.6) is 0 Å². The first-order valence-corrected chi connectivity index (χ1v) is 13.3. The summed E-state index contributed by atoms with van der Waals surface area (Å²) >= 11 is 0. The molecule has 0 aliphatic carbocycles. The van der Waals surface area contributed by atoms with Gasteiger partial charge in [0, 0.05) is 23.5 Å². The Morgan fingerprint density at radius 2 is 1.54 bits per heavy atom. The summed E-state index contributed by atoms with van der Waals surface area (Å²) in [5.74, 6) is 0. The number of hydrogen-bond acceptors (Lipinski definition) is 1. The highest BCUT2D eigenvalue weighted by atomic mass is 28.3. The molecular weight excluding hydrogens is 336 g/mol. The number of pyridine rings is 1. The minimum Gasteiger partial charge on any atom is -0.267 e. The first-order chi connectivity index (χ1) is 12.4. The molecule has 0 fully saturated rings. The zero-order valence-corrected chi connectivity index (χ0v) is 17.5. The van der Waals surface area contributed by atoms with Crippen LogP contribution in [-0.4, -0.2) is 17.4 Å². The van der Waals surface area contributed by atoms with E-state index in [0.717, 1.165) is 23.6 Å². The maximum atomic E-state index is 13.4. The summed E-state index contributed by atoms with van der Waals surface area (Å²) in [6, 6.07) is 12.1. The SMILES string of the molecule is CCCCCCc1c([Si](C)(C)C)c2ccccc2c(=O)n1-n1cccc1. The molecule has 0 bridgehead atoms. The third-order valence-electron chi connectivity index (χ3n) is 5.00. The molecule has 0 aliphatic heterocycles. The molecule has 138 valence electrons. The Morgan fingerprint density at radius 3 is 2.15 bits per heavy atom. The van der Waals surface area contributed by atoms with E-state index in [1.54, 1.807) is 0 Å². The molecule has 0 saturated heterocycles. The van der Waals surface area contributed by atoms with Crippen molar-refractivity contribution < 1.29 is 0 Å². The summed E-state index contributed by atoms with van der Waals surface area (Å²) < 4.78 is 3.87. The molecule has 0 saturated carbocycles. The zero-order chi connectivity index (χ0) is 18.7. The Labute approximate surface area is 157 Å². The Kier molecular flexibility index (Phi) is 5.51. The summed E-state index contributed by atoms with van der Waals surface area (Å²) in [6.07, 6.45) is 9.72. The lowest BCUT2D eigenvalue weighted by Gasteiger charge is -2.27. The van der Waals surface area contributed by atoms with E-state index >= 15 is 0 Å². The van der Waals surface area contributed by atoms with Crippen molar-refractivity contribution in [2.24, 2.45) is 0 Å². The fraction of sp³-hybridized carbons (Fsp3) is 0.409. The standard InChI is InChI=1S/C22H30N2OSi/c1-5-6-7-8-15-20-21(26(2,3)4)18-13-9-10-14-19(18)22(25)24(20)23-16-11-12-17-23/h9-14,16-17H,5-8,15H2,1-4H3. The Morgan fingerprint density at radius 1 is 0.885 bits per heavy atom. The molecule has 2 heterocycles. The summed E-state index contributed by atoms with van der Waals surface area (Å²) in [5.41, 5.74) is 1.30. The molecule has 0 aliphatic rings. The highest BCUT2D eigenvalue weighted by Crippen LogP contribution is 2.18. The van der Waals surface area contributed by atoms with Crippen LogP contribution in [0.15, 0.2) is 53.6 Å². The van der Waals surface area contributed by atoms with E-state index in [-0.39, 0.29) is 5.56 Å². The first kappa shape index (κ1) is 18.7. The van der Waals surface area contributed by atoms with Crippen molar-refractivity contribution >= 4 is 24.0 Å². The molecule has 0 amide bonds. The van der Waals surface area contributed by atoms with Crippen molar-refractivity contribution in [3.63, 3.8) is 0 Å². The van der Waals surface area contributed by atoms with Crippen LogP contribution in [0.1, 0.15) is 38.3 Å². The molecule has 1 aromatic carbocycles. The highest BCUT2D eigenvalue weighted by Gasteiger charge is 2.27. The van der Waals surface area contributed by atoms with Gasteiger partial charge in [0.05, 0.1) is 8.07 Å². The molecule has 3 aromatic rings. The predicted molar refractivity (Wildman–Crippen MR) is 114 cm³/mol. The smallest absolute Gasteiger partial charge is 0.267 e. The number of unbranched alkanes of at least 4 members (excludes halogenated alkanes) is 3. The van der Waals surface area contributed by atoms with Gasteiger partial charge < -0.3 is 0 Å². The van der Waals surface area contributed by atoms with Crippen LogP contribution in [-0.2, 0) is 6.42 Å². The van der Waals surface area contributed by atoms with Crippen LogP contribution in [0.3, 0.4) is 0 Å². The van der Waals surface area contributed by atoms with Gasteiger partial charge >= 0.3 is 0 Å². The van der Waals surface area contributed by atoms with Gasteiger partial charge in [-0.15, -0.1) is 0 Å². The van der Waals surface area contributed by atoms with Gasteiger partial charge in [-0.1, -0.05) is 64.0 Å². The van der Waals surface area contributed by atoms with Crippen LogP contribution < -0.4 is 10.7 Å². The molecule has 0 unspecified atom stereocenters. The van der Waals surface area contributed by atoms with E-state index in [4.69, 9.17) is 0 Å². The predicted octanol–water partition coefficient (Wildman–Crippen LogP) is 4.78. The molecular formula is C22H30N2OSi. The van der Waals surface area contributed by atoms with E-state index in [9.17, 15) is 4.79 Å². The summed E-state index contributed by atoms with van der Waals surface area (Å²) in [7, 11) is -1.65. The highest BCUT2D eigenvalue weighted by molar-refractivity contribution is 6.90. The van der Waals surface area contributed by atoms with Gasteiger partial charge in [-0.3, -0.25) is 9.47 Å². The Balaban J connectivity index is 2.31. The molecule has 26 heavy (non-hydrogen) atoms. The summed E-state index contributed by atoms with van der Waals surface area (Å²) in [4.78, 5) is 13.4. The molecule has 0 N–H and O–H groups in total. The van der Waals surface area contributed by atoms with Crippen molar-refractivity contribution in [3.8, 4) is 0 Å². The minimum atomic E-state index is -1.65. The number of benzene rings is 1. The maximum Gasteiger partial charge on any atom is 0.277 e. The second kappa shape index (κ2) is 7.66. The van der Waals surface area contributed by atoms with Crippen LogP contribution in [0.2, 0.25) is 19.6 Å². The zero-order valence-electron chi connectivity index (χ0n) is 16.5. The number of rotatable bonds is 7. The maximum absolute atomic E-state index is 13.4. The lowest BCUT2D eigenvalue weighted by Crippen LogP contribution is -2.46.